The van der Waals surface area contributed by atoms with Gasteiger partial charge in [-0.3, -0.25) is 4.57 Å². The van der Waals surface area contributed by atoms with Crippen molar-refractivity contribution in [3.63, 3.8) is 0 Å². The first kappa shape index (κ1) is 32.4. The van der Waals surface area contributed by atoms with Crippen molar-refractivity contribution < 1.29 is 44.1 Å². The van der Waals surface area contributed by atoms with E-state index in [2.05, 4.69) is 74.1 Å². The largest absolute Gasteiger partial charge is 0.510 e. The molecule has 0 bridgehead atoms. The molecular weight excluding hydrogens is 1000 g/mol. The van der Waals surface area contributed by atoms with Crippen LogP contribution in [0.4, 0.5) is 0 Å². The molecule has 10 aromatic rings. The fraction of sp³-hybridized carbons (Fsp3) is 0.186. The van der Waals surface area contributed by atoms with Gasteiger partial charge in [0, 0.05) is 44.3 Å². The van der Waals surface area contributed by atoms with Gasteiger partial charge in [0.05, 0.1) is 38.5 Å². The van der Waals surface area contributed by atoms with Gasteiger partial charge in [-0.25, -0.2) is 4.98 Å². The molecule has 0 atom stereocenters. The molecule has 66 heavy (non-hydrogen) atoms. The second-order valence-electron chi connectivity index (χ2n) is 18.4. The number of imidazole rings is 1. The van der Waals surface area contributed by atoms with Gasteiger partial charge in [-0.2, -0.15) is 18.2 Å². The number of pyridine rings is 1. The monoisotopic (exact) mass is 1060 g/mol. The molecule has 1 spiro atoms. The topological polar surface area (TPSA) is 35.9 Å². The maximum Gasteiger partial charge on any atom is 0.268 e. The quantitative estimate of drug-likeness (QED) is 0.0906. The molecule has 0 amide bonds. The van der Waals surface area contributed by atoms with Gasteiger partial charge in [-0.05, 0) is 74.5 Å². The van der Waals surface area contributed by atoms with E-state index < -0.39 is 68.5 Å². The Balaban J connectivity index is 0.00000616. The summed E-state index contributed by atoms with van der Waals surface area (Å²) < 4.78 is 99.7. The minimum atomic E-state index is -1.58. The fourth-order valence-electron chi connectivity index (χ4n) is 10.4. The van der Waals surface area contributed by atoms with Crippen LogP contribution < -0.4 is 14.5 Å². The Bertz CT molecular complexity index is 3900. The Morgan fingerprint density at radius 1 is 0.697 bits per heavy atom. The Kier molecular flexibility index (Phi) is 8.25. The first-order valence-corrected chi connectivity index (χ1v) is 25.0. The fourth-order valence-corrected chi connectivity index (χ4v) is 16.0. The number of aryl methyl sites for hydroxylation is 1. The standard InChI is InChI=1S/C59H50N4OSi.Pt/c1-59(2,3)44-30-31-60-57(36-44)63-54-35-43-21-16-34-65(32-12-13-33-65)56(43)39-51(54)50-29-28-47(38-55(50)63)64-46-23-14-22-45(37-46)61-40-62(53-27-11-10-26-52(53)61)58-48(41-17-6-4-7-18-41)24-15-25-49(58)42-19-8-5-9-20-42;/h4-11,14-15,17-20,22-31,35-36,39H,12-13,16,21,32-34H2,1-3H3;/q-2;/i4D,5D,6D,7D,8D,9D,17D,18D,19D,20D;. The summed E-state index contributed by atoms with van der Waals surface area (Å²) in [6.45, 7) is 6.63. The van der Waals surface area contributed by atoms with Crippen LogP contribution in [0.3, 0.4) is 0 Å². The number of hydrogen-bond acceptors (Lipinski definition) is 2. The molecule has 328 valence electrons. The van der Waals surface area contributed by atoms with Crippen LogP contribution >= 0.6 is 0 Å². The molecule has 5 heterocycles. The summed E-state index contributed by atoms with van der Waals surface area (Å²) in [6.07, 6.45) is 10.3. The molecule has 0 radical (unpaired) electrons. The molecule has 7 heteroatoms. The molecule has 0 saturated carbocycles. The number of aromatic nitrogens is 4. The average molecular weight is 1060 g/mol. The average Bonchev–Trinajstić information content (AvgIpc) is 4.13. The Morgan fingerprint density at radius 3 is 2.14 bits per heavy atom. The predicted octanol–water partition coefficient (Wildman–Crippen LogP) is 13.6. The van der Waals surface area contributed by atoms with Crippen molar-refractivity contribution in [2.45, 2.75) is 70.0 Å². The van der Waals surface area contributed by atoms with Crippen molar-refractivity contribution in [2.24, 2.45) is 0 Å². The Labute approximate surface area is 416 Å². The molecular formula is C59H50N4OPtSi-2. The minimum Gasteiger partial charge on any atom is -0.510 e. The van der Waals surface area contributed by atoms with E-state index >= 15 is 0 Å². The van der Waals surface area contributed by atoms with Gasteiger partial charge in [0.25, 0.3) is 6.33 Å². The van der Waals surface area contributed by atoms with Crippen LogP contribution in [-0.4, -0.2) is 22.2 Å². The van der Waals surface area contributed by atoms with Gasteiger partial charge in [0.15, 0.2) is 0 Å². The van der Waals surface area contributed by atoms with Crippen LogP contribution in [0.5, 0.6) is 11.5 Å². The number of nitrogens with zero attached hydrogens (tertiary/aromatic N) is 4. The Morgan fingerprint density at radius 2 is 1.39 bits per heavy atom. The first-order chi connectivity index (χ1) is 36.0. The van der Waals surface area contributed by atoms with Crippen molar-refractivity contribution in [3.8, 4) is 50.9 Å². The van der Waals surface area contributed by atoms with Crippen LogP contribution in [-0.2, 0) is 32.9 Å². The maximum atomic E-state index is 9.05. The van der Waals surface area contributed by atoms with Crippen molar-refractivity contribution >= 4 is 46.1 Å². The number of rotatable bonds is 7. The van der Waals surface area contributed by atoms with Gasteiger partial charge in [0.1, 0.15) is 5.82 Å². The van der Waals surface area contributed by atoms with E-state index in [1.165, 1.54) is 53.9 Å². The summed E-state index contributed by atoms with van der Waals surface area (Å²) in [5.74, 6) is 1.69. The maximum absolute atomic E-state index is 9.05. The molecule has 5 nitrogen and oxygen atoms in total. The molecule has 1 saturated heterocycles. The number of fused-ring (bicyclic) bond motifs is 6. The second kappa shape index (κ2) is 16.8. The van der Waals surface area contributed by atoms with Crippen LogP contribution in [0, 0.1) is 18.5 Å². The summed E-state index contributed by atoms with van der Waals surface area (Å²) in [7, 11) is -1.58. The Hall–Kier alpha value is -6.33. The van der Waals surface area contributed by atoms with Gasteiger partial charge in [0.2, 0.25) is 0 Å². The number of para-hydroxylation sites is 3. The molecule has 0 unspecified atom stereocenters. The first-order valence-electron chi connectivity index (χ1n) is 27.4. The van der Waals surface area contributed by atoms with Crippen molar-refractivity contribution in [1.29, 1.82) is 0 Å². The van der Waals surface area contributed by atoms with E-state index in [1.54, 1.807) is 32.5 Å². The van der Waals surface area contributed by atoms with Crippen LogP contribution in [0.15, 0.2) is 164 Å². The SMILES string of the molecule is [2H]c1c([2H])c([2H])c(-c2cccc(-c3c([2H])c([2H])c([2H])c([2H])c3[2H])c2-[n+]2[c-]n(-c3[c-]c(Oc4[c-]c5c(cc4)c4cc6c(cc4n5-c4cc(C(C)(C)C)ccn4)CCC[Si]64CCCC4)ccc3)c3ccccc32)c([2H])c1[2H].[Pt]. The normalized spacial score (nSPS) is 16.6. The van der Waals surface area contributed by atoms with E-state index in [-0.39, 0.29) is 54.4 Å². The zero-order valence-corrected chi connectivity index (χ0v) is 40.1. The van der Waals surface area contributed by atoms with Crippen molar-refractivity contribution in [1.82, 2.24) is 14.1 Å². The van der Waals surface area contributed by atoms with Gasteiger partial charge in [-0.15, -0.1) is 29.7 Å². The third-order valence-electron chi connectivity index (χ3n) is 13.5. The molecule has 7 aromatic carbocycles. The van der Waals surface area contributed by atoms with Crippen LogP contribution in [0.25, 0.3) is 72.3 Å². The summed E-state index contributed by atoms with van der Waals surface area (Å²) in [5.41, 5.74) is 6.46. The smallest absolute Gasteiger partial charge is 0.268 e. The van der Waals surface area contributed by atoms with Gasteiger partial charge < -0.3 is 13.9 Å². The molecule has 1 fully saturated rings. The number of ether oxygens (including phenoxy) is 1. The summed E-state index contributed by atoms with van der Waals surface area (Å²) >= 11 is 0. The van der Waals surface area contributed by atoms with E-state index in [9.17, 15) is 0 Å². The summed E-state index contributed by atoms with van der Waals surface area (Å²) in [6, 6.07) is 37.0. The van der Waals surface area contributed by atoms with Gasteiger partial charge >= 0.3 is 0 Å². The zero-order chi connectivity index (χ0) is 52.4. The molecule has 0 N–H and O–H groups in total. The van der Waals surface area contributed by atoms with Crippen LogP contribution in [0.1, 0.15) is 64.9 Å². The molecule has 2 aliphatic rings. The molecule has 2 aliphatic heterocycles. The number of benzene rings is 7. The van der Waals surface area contributed by atoms with Gasteiger partial charge in [-0.1, -0.05) is 178 Å². The van der Waals surface area contributed by atoms with E-state index in [1.807, 2.05) is 54.7 Å². The van der Waals surface area contributed by atoms with Crippen LogP contribution in [0.2, 0.25) is 18.1 Å². The molecule has 0 aliphatic carbocycles. The van der Waals surface area contributed by atoms with Crippen molar-refractivity contribution in [2.75, 3.05) is 0 Å². The number of hydrogen-bond donors (Lipinski definition) is 0. The van der Waals surface area contributed by atoms with Crippen molar-refractivity contribution in [3.05, 3.63) is 193 Å². The van der Waals surface area contributed by atoms with E-state index in [0.29, 0.717) is 28.2 Å². The van der Waals surface area contributed by atoms with E-state index in [4.69, 9.17) is 23.4 Å². The zero-order valence-electron chi connectivity index (χ0n) is 46.8. The van der Waals surface area contributed by atoms with E-state index in [0.717, 1.165) is 28.7 Å². The third kappa shape index (κ3) is 7.26. The molecule has 3 aromatic heterocycles. The molecule has 12 rings (SSSR count). The second-order valence-corrected chi connectivity index (χ2v) is 23.0. The summed E-state index contributed by atoms with van der Waals surface area (Å²) in [5, 5.41) is 3.92. The predicted molar refractivity (Wildman–Crippen MR) is 267 cm³/mol. The third-order valence-corrected chi connectivity index (χ3v) is 19.1. The minimum absolute atomic E-state index is 0. The summed E-state index contributed by atoms with van der Waals surface area (Å²) in [4.78, 5) is 4.98.